The molecule has 1 aromatic rings. The van der Waals surface area contributed by atoms with E-state index in [0.717, 1.165) is 18.7 Å². The van der Waals surface area contributed by atoms with Gasteiger partial charge in [-0.15, -0.1) is 0 Å². The summed E-state index contributed by atoms with van der Waals surface area (Å²) in [5, 5.41) is 7.15. The molecule has 0 saturated carbocycles. The summed E-state index contributed by atoms with van der Waals surface area (Å²) in [5.41, 5.74) is 2.22. The minimum absolute atomic E-state index is 1.02. The highest BCUT2D eigenvalue weighted by Crippen LogP contribution is 2.23. The Hall–Kier alpha value is -1.31. The minimum Gasteiger partial charge on any atom is -0.367 e. The fraction of sp³-hybridized carbons (Fsp3) is 0.364. The van der Waals surface area contributed by atoms with Crippen LogP contribution >= 0.6 is 0 Å². The smallest absolute Gasteiger partial charge is 0.0456 e. The molecule has 2 rings (SSSR count). The molecule has 0 aliphatic carbocycles. The van der Waals surface area contributed by atoms with Crippen molar-refractivity contribution in [2.45, 2.75) is 13.8 Å². The third-order valence-electron chi connectivity index (χ3n) is 1.88. The summed E-state index contributed by atoms with van der Waals surface area (Å²) in [7, 11) is 0. The van der Waals surface area contributed by atoms with Gasteiger partial charge in [-0.1, -0.05) is 32.0 Å². The molecule has 0 unspecified atom stereocenters. The monoisotopic (exact) mass is 176 g/mol. The lowest BCUT2D eigenvalue weighted by Gasteiger charge is -2.04. The van der Waals surface area contributed by atoms with Gasteiger partial charge in [-0.05, 0) is 6.07 Å². The first-order valence-corrected chi connectivity index (χ1v) is 4.76. The van der Waals surface area contributed by atoms with Crippen LogP contribution in [-0.4, -0.2) is 19.3 Å². The van der Waals surface area contributed by atoms with Gasteiger partial charge in [0.2, 0.25) is 0 Å². The second kappa shape index (κ2) is 4.65. The zero-order chi connectivity index (χ0) is 9.68. The van der Waals surface area contributed by atoms with Crippen molar-refractivity contribution in [1.82, 2.24) is 0 Å². The third-order valence-corrected chi connectivity index (χ3v) is 1.88. The van der Waals surface area contributed by atoms with Gasteiger partial charge in [0.15, 0.2) is 0 Å². The molecule has 0 amide bonds. The van der Waals surface area contributed by atoms with E-state index < -0.39 is 0 Å². The molecule has 1 aromatic carbocycles. The summed E-state index contributed by atoms with van der Waals surface area (Å²) in [4.78, 5) is 2.25. The number of hydrogen-bond acceptors (Lipinski definition) is 2. The standard InChI is InChI=1S/C9H10N2.C2H6/c10-7-8-3-1-2-4-9(8)11-5-6-11;1-2/h1-4,7,10H,5-6H2;1-2H3. The van der Waals surface area contributed by atoms with Gasteiger partial charge < -0.3 is 10.3 Å². The fourth-order valence-electron chi connectivity index (χ4n) is 1.19. The minimum atomic E-state index is 1.02. The Balaban J connectivity index is 0.000000396. The van der Waals surface area contributed by atoms with Crippen LogP contribution < -0.4 is 4.90 Å². The van der Waals surface area contributed by atoms with E-state index in [4.69, 9.17) is 5.41 Å². The van der Waals surface area contributed by atoms with Crippen molar-refractivity contribution in [2.75, 3.05) is 18.0 Å². The molecule has 0 aromatic heterocycles. The largest absolute Gasteiger partial charge is 0.367 e. The number of hydrogen-bond donors (Lipinski definition) is 1. The van der Waals surface area contributed by atoms with Crippen molar-refractivity contribution in [1.29, 1.82) is 5.41 Å². The summed E-state index contributed by atoms with van der Waals surface area (Å²) in [6.07, 6.45) is 1.41. The van der Waals surface area contributed by atoms with Crippen LogP contribution in [0.4, 0.5) is 5.69 Å². The van der Waals surface area contributed by atoms with Crippen molar-refractivity contribution < 1.29 is 0 Å². The summed E-state index contributed by atoms with van der Waals surface area (Å²) < 4.78 is 0. The van der Waals surface area contributed by atoms with E-state index in [1.165, 1.54) is 11.9 Å². The van der Waals surface area contributed by atoms with Crippen LogP contribution in [0.25, 0.3) is 0 Å². The topological polar surface area (TPSA) is 26.9 Å². The average molecular weight is 176 g/mol. The van der Waals surface area contributed by atoms with Gasteiger partial charge in [0.05, 0.1) is 0 Å². The van der Waals surface area contributed by atoms with Gasteiger partial charge in [-0.2, -0.15) is 0 Å². The maximum Gasteiger partial charge on any atom is 0.0456 e. The molecular weight excluding hydrogens is 160 g/mol. The molecule has 2 heteroatoms. The third kappa shape index (κ3) is 2.31. The maximum atomic E-state index is 7.15. The molecule has 2 nitrogen and oxygen atoms in total. The second-order valence-electron chi connectivity index (χ2n) is 2.69. The van der Waals surface area contributed by atoms with E-state index in [2.05, 4.69) is 11.0 Å². The molecule has 0 atom stereocenters. The van der Waals surface area contributed by atoms with Crippen LogP contribution in [0.2, 0.25) is 0 Å². The summed E-state index contributed by atoms with van der Waals surface area (Å²) in [6, 6.07) is 8.02. The number of benzene rings is 1. The van der Waals surface area contributed by atoms with E-state index in [9.17, 15) is 0 Å². The van der Waals surface area contributed by atoms with Crippen LogP contribution in [0.5, 0.6) is 0 Å². The fourth-order valence-corrected chi connectivity index (χ4v) is 1.19. The molecular formula is C11H16N2. The van der Waals surface area contributed by atoms with Crippen molar-refractivity contribution in [2.24, 2.45) is 0 Å². The van der Waals surface area contributed by atoms with Crippen LogP contribution in [-0.2, 0) is 0 Å². The summed E-state index contributed by atoms with van der Waals surface area (Å²) in [6.45, 7) is 6.29. The number of nitrogens with zero attached hydrogens (tertiary/aromatic N) is 1. The molecule has 13 heavy (non-hydrogen) atoms. The maximum absolute atomic E-state index is 7.15. The predicted octanol–water partition coefficient (Wildman–Crippen LogP) is 2.53. The number of anilines is 1. The lowest BCUT2D eigenvalue weighted by Crippen LogP contribution is -1.95. The zero-order valence-corrected chi connectivity index (χ0v) is 8.25. The Labute approximate surface area is 79.7 Å². The lowest BCUT2D eigenvalue weighted by molar-refractivity contribution is 1.38. The second-order valence-corrected chi connectivity index (χ2v) is 2.69. The van der Waals surface area contributed by atoms with E-state index in [-0.39, 0.29) is 0 Å². The van der Waals surface area contributed by atoms with Gasteiger partial charge >= 0.3 is 0 Å². The highest BCUT2D eigenvalue weighted by molar-refractivity contribution is 5.86. The normalized spacial score (nSPS) is 12.9. The van der Waals surface area contributed by atoms with Crippen LogP contribution in [0.15, 0.2) is 24.3 Å². The van der Waals surface area contributed by atoms with Crippen LogP contribution in [0.3, 0.4) is 0 Å². The average Bonchev–Trinajstić information content (AvgIpc) is 3.04. The Morgan fingerprint density at radius 2 is 1.85 bits per heavy atom. The first kappa shape index (κ1) is 9.78. The molecule has 1 aliphatic heterocycles. The first-order chi connectivity index (χ1) is 6.42. The Kier molecular flexibility index (Phi) is 3.50. The Bertz CT molecular complexity index is 277. The Morgan fingerprint density at radius 1 is 1.23 bits per heavy atom. The lowest BCUT2D eigenvalue weighted by atomic mass is 10.2. The molecule has 0 radical (unpaired) electrons. The number of rotatable bonds is 2. The molecule has 0 spiro atoms. The van der Waals surface area contributed by atoms with Gasteiger partial charge in [-0.25, -0.2) is 0 Å². The van der Waals surface area contributed by atoms with E-state index in [0.29, 0.717) is 0 Å². The van der Waals surface area contributed by atoms with Crippen LogP contribution in [0, 0.1) is 5.41 Å². The van der Waals surface area contributed by atoms with Crippen molar-refractivity contribution in [3.8, 4) is 0 Å². The van der Waals surface area contributed by atoms with Crippen molar-refractivity contribution >= 4 is 11.9 Å². The van der Waals surface area contributed by atoms with E-state index in [1.54, 1.807) is 0 Å². The SMILES string of the molecule is CC.N=Cc1ccccc1N1CC1. The van der Waals surface area contributed by atoms with E-state index >= 15 is 0 Å². The Morgan fingerprint density at radius 3 is 2.38 bits per heavy atom. The quantitative estimate of drug-likeness (QED) is 0.544. The highest BCUT2D eigenvalue weighted by atomic mass is 15.3. The van der Waals surface area contributed by atoms with Gasteiger partial charge in [0.1, 0.15) is 0 Å². The molecule has 1 fully saturated rings. The summed E-state index contributed by atoms with van der Waals surface area (Å²) in [5.74, 6) is 0. The number of para-hydroxylation sites is 1. The molecule has 1 heterocycles. The van der Waals surface area contributed by atoms with Gasteiger partial charge in [0.25, 0.3) is 0 Å². The first-order valence-electron chi connectivity index (χ1n) is 4.76. The van der Waals surface area contributed by atoms with Crippen LogP contribution in [0.1, 0.15) is 19.4 Å². The van der Waals surface area contributed by atoms with Gasteiger partial charge in [-0.3, -0.25) is 0 Å². The number of nitrogens with one attached hydrogen (secondary N) is 1. The molecule has 70 valence electrons. The highest BCUT2D eigenvalue weighted by Gasteiger charge is 2.19. The van der Waals surface area contributed by atoms with Crippen molar-refractivity contribution in [3.05, 3.63) is 29.8 Å². The van der Waals surface area contributed by atoms with E-state index in [1.807, 2.05) is 32.0 Å². The molecule has 1 saturated heterocycles. The summed E-state index contributed by atoms with van der Waals surface area (Å²) >= 11 is 0. The zero-order valence-electron chi connectivity index (χ0n) is 8.25. The van der Waals surface area contributed by atoms with Crippen molar-refractivity contribution in [3.63, 3.8) is 0 Å². The molecule has 1 aliphatic rings. The predicted molar refractivity (Wildman–Crippen MR) is 57.9 cm³/mol. The molecule has 1 N–H and O–H groups in total. The van der Waals surface area contributed by atoms with Gasteiger partial charge in [0, 0.05) is 30.6 Å². The molecule has 0 bridgehead atoms.